The fourth-order valence-corrected chi connectivity index (χ4v) is 1.55. The van der Waals surface area contributed by atoms with Crippen LogP contribution in [-0.4, -0.2) is 13.2 Å². The van der Waals surface area contributed by atoms with Crippen LogP contribution < -0.4 is 10.1 Å². The number of aryl methyl sites for hydroxylation is 1. The second-order valence-electron chi connectivity index (χ2n) is 4.81. The minimum atomic E-state index is 0.201. The molecule has 1 N–H and O–H groups in total. The summed E-state index contributed by atoms with van der Waals surface area (Å²) in [6.07, 6.45) is 0. The molecule has 0 aromatic heterocycles. The molecule has 0 radical (unpaired) electrons. The summed E-state index contributed by atoms with van der Waals surface area (Å²) in [5.41, 5.74) is 2.55. The summed E-state index contributed by atoms with van der Waals surface area (Å²) in [6.45, 7) is 8.23. The Labute approximate surface area is 85.3 Å². The van der Waals surface area contributed by atoms with Gasteiger partial charge in [0.25, 0.3) is 0 Å². The van der Waals surface area contributed by atoms with Gasteiger partial charge in [-0.1, -0.05) is 19.9 Å². The van der Waals surface area contributed by atoms with E-state index in [1.165, 1.54) is 5.56 Å². The molecule has 2 rings (SSSR count). The van der Waals surface area contributed by atoms with Crippen LogP contribution in [0.15, 0.2) is 18.2 Å². The maximum absolute atomic E-state index is 5.78. The summed E-state index contributed by atoms with van der Waals surface area (Å²) in [7, 11) is 0. The molecule has 14 heavy (non-hydrogen) atoms. The van der Waals surface area contributed by atoms with Gasteiger partial charge in [0.2, 0.25) is 0 Å². The molecule has 1 aliphatic heterocycles. The number of rotatable bonds is 0. The number of benzene rings is 1. The first-order valence-electron chi connectivity index (χ1n) is 5.04. The van der Waals surface area contributed by atoms with Crippen LogP contribution in [0, 0.1) is 12.3 Å². The lowest BCUT2D eigenvalue weighted by molar-refractivity contribution is 0.200. The van der Waals surface area contributed by atoms with E-state index in [4.69, 9.17) is 4.74 Å². The summed E-state index contributed by atoms with van der Waals surface area (Å²) in [5.74, 6) is 0.982. The van der Waals surface area contributed by atoms with E-state index in [1.807, 2.05) is 0 Å². The van der Waals surface area contributed by atoms with Gasteiger partial charge in [0.05, 0.1) is 12.3 Å². The van der Waals surface area contributed by atoms with Crippen molar-refractivity contribution >= 4 is 5.69 Å². The van der Waals surface area contributed by atoms with Gasteiger partial charge in [-0.2, -0.15) is 0 Å². The summed E-state index contributed by atoms with van der Waals surface area (Å²) in [6, 6.07) is 6.28. The van der Waals surface area contributed by atoms with Crippen LogP contribution in [0.3, 0.4) is 0 Å². The Hall–Kier alpha value is -1.18. The predicted molar refractivity (Wildman–Crippen MR) is 58.9 cm³/mol. The zero-order chi connectivity index (χ0) is 10.2. The molecule has 1 aliphatic rings. The summed E-state index contributed by atoms with van der Waals surface area (Å²) in [4.78, 5) is 0. The lowest BCUT2D eigenvalue weighted by Crippen LogP contribution is -2.27. The van der Waals surface area contributed by atoms with E-state index in [0.717, 1.165) is 24.6 Å². The highest BCUT2D eigenvalue weighted by atomic mass is 16.5. The zero-order valence-electron chi connectivity index (χ0n) is 9.05. The average Bonchev–Trinajstić information content (AvgIpc) is 2.26. The van der Waals surface area contributed by atoms with Crippen molar-refractivity contribution in [3.05, 3.63) is 23.8 Å². The van der Waals surface area contributed by atoms with Crippen LogP contribution in [-0.2, 0) is 0 Å². The molecule has 76 valence electrons. The molecule has 0 fully saturated rings. The SMILES string of the molecule is Cc1ccc2c(c1)OCC(C)(C)CN2. The quantitative estimate of drug-likeness (QED) is 0.681. The number of nitrogens with one attached hydrogen (secondary N) is 1. The van der Waals surface area contributed by atoms with Gasteiger partial charge in [-0.3, -0.25) is 0 Å². The molecule has 0 saturated heterocycles. The van der Waals surface area contributed by atoms with Gasteiger partial charge >= 0.3 is 0 Å². The number of hydrogen-bond donors (Lipinski definition) is 1. The van der Waals surface area contributed by atoms with Crippen molar-refractivity contribution in [3.63, 3.8) is 0 Å². The minimum Gasteiger partial charge on any atom is -0.491 e. The maximum atomic E-state index is 5.78. The first-order valence-corrected chi connectivity index (χ1v) is 5.04. The van der Waals surface area contributed by atoms with Crippen molar-refractivity contribution in [2.45, 2.75) is 20.8 Å². The molecule has 0 unspecified atom stereocenters. The summed E-state index contributed by atoms with van der Waals surface area (Å²) >= 11 is 0. The summed E-state index contributed by atoms with van der Waals surface area (Å²) < 4.78 is 5.78. The standard InChI is InChI=1S/C12H17NO/c1-9-4-5-10-11(6-9)14-8-12(2,3)7-13-10/h4-6,13H,7-8H2,1-3H3. The third-order valence-corrected chi connectivity index (χ3v) is 2.51. The maximum Gasteiger partial charge on any atom is 0.142 e. The second-order valence-corrected chi connectivity index (χ2v) is 4.81. The highest BCUT2D eigenvalue weighted by Gasteiger charge is 2.23. The largest absolute Gasteiger partial charge is 0.491 e. The van der Waals surface area contributed by atoms with E-state index in [0.29, 0.717) is 0 Å². The third-order valence-electron chi connectivity index (χ3n) is 2.51. The molecule has 1 heterocycles. The molecule has 0 aliphatic carbocycles. The molecule has 2 heteroatoms. The van der Waals surface area contributed by atoms with Crippen molar-refractivity contribution in [3.8, 4) is 5.75 Å². The zero-order valence-corrected chi connectivity index (χ0v) is 9.05. The first kappa shape index (κ1) is 9.38. The van der Waals surface area contributed by atoms with Crippen LogP contribution in [0.25, 0.3) is 0 Å². The number of fused-ring (bicyclic) bond motifs is 1. The second kappa shape index (κ2) is 3.19. The lowest BCUT2D eigenvalue weighted by atomic mass is 9.95. The van der Waals surface area contributed by atoms with Gasteiger partial charge in [-0.05, 0) is 24.6 Å². The van der Waals surface area contributed by atoms with Gasteiger partial charge in [-0.15, -0.1) is 0 Å². The Bertz CT molecular complexity index is 344. The van der Waals surface area contributed by atoms with Gasteiger partial charge in [-0.25, -0.2) is 0 Å². The molecule has 1 aromatic carbocycles. The molecule has 1 aromatic rings. The Morgan fingerprint density at radius 1 is 1.36 bits per heavy atom. The molecule has 0 amide bonds. The van der Waals surface area contributed by atoms with Crippen molar-refractivity contribution in [2.24, 2.45) is 5.41 Å². The fraction of sp³-hybridized carbons (Fsp3) is 0.500. The third kappa shape index (κ3) is 1.84. The van der Waals surface area contributed by atoms with E-state index < -0.39 is 0 Å². The predicted octanol–water partition coefficient (Wildman–Crippen LogP) is 2.83. The fourth-order valence-electron chi connectivity index (χ4n) is 1.55. The first-order chi connectivity index (χ1) is 6.57. The van der Waals surface area contributed by atoms with Crippen molar-refractivity contribution in [1.82, 2.24) is 0 Å². The van der Waals surface area contributed by atoms with Crippen LogP contribution in [0.5, 0.6) is 5.75 Å². The van der Waals surface area contributed by atoms with E-state index in [2.05, 4.69) is 44.3 Å². The van der Waals surface area contributed by atoms with Gasteiger partial charge < -0.3 is 10.1 Å². The van der Waals surface area contributed by atoms with Crippen molar-refractivity contribution < 1.29 is 4.74 Å². The number of anilines is 1. The van der Waals surface area contributed by atoms with Gasteiger partial charge in [0.15, 0.2) is 0 Å². The van der Waals surface area contributed by atoms with Gasteiger partial charge in [0, 0.05) is 12.0 Å². The van der Waals surface area contributed by atoms with E-state index >= 15 is 0 Å². The molecular weight excluding hydrogens is 174 g/mol. The highest BCUT2D eigenvalue weighted by molar-refractivity contribution is 5.58. The Morgan fingerprint density at radius 3 is 2.93 bits per heavy atom. The van der Waals surface area contributed by atoms with E-state index in [-0.39, 0.29) is 5.41 Å². The monoisotopic (exact) mass is 191 g/mol. The Morgan fingerprint density at radius 2 is 2.14 bits per heavy atom. The molecule has 2 nitrogen and oxygen atoms in total. The van der Waals surface area contributed by atoms with Gasteiger partial charge in [0.1, 0.15) is 5.75 Å². The van der Waals surface area contributed by atoms with E-state index in [1.54, 1.807) is 0 Å². The minimum absolute atomic E-state index is 0.201. The molecule has 0 saturated carbocycles. The normalized spacial score (nSPS) is 18.8. The van der Waals surface area contributed by atoms with Crippen LogP contribution >= 0.6 is 0 Å². The highest BCUT2D eigenvalue weighted by Crippen LogP contribution is 2.31. The number of hydrogen-bond acceptors (Lipinski definition) is 2. The topological polar surface area (TPSA) is 21.3 Å². The molecule has 0 spiro atoms. The van der Waals surface area contributed by atoms with Crippen molar-refractivity contribution in [2.75, 3.05) is 18.5 Å². The van der Waals surface area contributed by atoms with Crippen LogP contribution in [0.2, 0.25) is 0 Å². The number of ether oxygens (including phenoxy) is 1. The summed E-state index contributed by atoms with van der Waals surface area (Å²) in [5, 5.41) is 3.42. The van der Waals surface area contributed by atoms with Crippen LogP contribution in [0.1, 0.15) is 19.4 Å². The Kier molecular flexibility index (Phi) is 2.14. The molecular formula is C12H17NO. The van der Waals surface area contributed by atoms with Crippen LogP contribution in [0.4, 0.5) is 5.69 Å². The van der Waals surface area contributed by atoms with Crippen molar-refractivity contribution in [1.29, 1.82) is 0 Å². The van der Waals surface area contributed by atoms with E-state index in [9.17, 15) is 0 Å². The molecule has 0 bridgehead atoms. The average molecular weight is 191 g/mol. The lowest BCUT2D eigenvalue weighted by Gasteiger charge is -2.20. The Balaban J connectivity index is 2.30. The smallest absolute Gasteiger partial charge is 0.142 e. The molecule has 0 atom stereocenters.